The van der Waals surface area contributed by atoms with Crippen LogP contribution in [0.3, 0.4) is 0 Å². The lowest BCUT2D eigenvalue weighted by Gasteiger charge is -2.32. The van der Waals surface area contributed by atoms with E-state index in [-0.39, 0.29) is 12.3 Å². The number of hydrogen-bond donors (Lipinski definition) is 0. The average Bonchev–Trinajstić information content (AvgIpc) is 3.37. The lowest BCUT2D eigenvalue weighted by Crippen LogP contribution is -2.41. The third-order valence-corrected chi connectivity index (χ3v) is 6.30. The van der Waals surface area contributed by atoms with Crippen LogP contribution in [-0.2, 0) is 9.47 Å². The first-order valence-corrected chi connectivity index (χ1v) is 11.4. The predicted octanol–water partition coefficient (Wildman–Crippen LogP) is 4.82. The van der Waals surface area contributed by atoms with Gasteiger partial charge < -0.3 is 14.4 Å². The maximum absolute atomic E-state index is 12.2. The summed E-state index contributed by atoms with van der Waals surface area (Å²) in [5.74, 6) is 0.385. The van der Waals surface area contributed by atoms with Crippen LogP contribution in [0.4, 0.5) is 4.79 Å². The lowest BCUT2D eigenvalue weighted by molar-refractivity contribution is -0.0394. The fraction of sp³-hybridized carbons (Fsp3) is 0.667. The maximum Gasteiger partial charge on any atom is 0.410 e. The Kier molecular flexibility index (Phi) is 5.92. The molecule has 0 spiro atoms. The summed E-state index contributed by atoms with van der Waals surface area (Å²) < 4.78 is 13.2. The van der Waals surface area contributed by atoms with E-state index in [1.807, 2.05) is 42.7 Å². The van der Waals surface area contributed by atoms with Crippen molar-refractivity contribution >= 4 is 17.4 Å². The molecule has 0 N–H and O–H groups in total. The Morgan fingerprint density at radius 2 is 2.03 bits per heavy atom. The zero-order valence-corrected chi connectivity index (χ0v) is 18.3. The molecule has 2 aromatic rings. The Hall–Kier alpha value is -1.93. The Morgan fingerprint density at radius 1 is 1.24 bits per heavy atom. The van der Waals surface area contributed by atoms with Crippen LogP contribution in [0, 0.1) is 0 Å². The SMILES string of the molecule is CC(C)(C)OC(=O)N1CCC(c2csc(-c3cnn(C4CCCCO4)c3)n2)CC1. The van der Waals surface area contributed by atoms with Crippen molar-refractivity contribution < 1.29 is 14.3 Å². The molecule has 1 unspecified atom stereocenters. The summed E-state index contributed by atoms with van der Waals surface area (Å²) in [6, 6.07) is 0. The van der Waals surface area contributed by atoms with Crippen molar-refractivity contribution in [3.63, 3.8) is 0 Å². The highest BCUT2D eigenvalue weighted by Gasteiger charge is 2.28. The van der Waals surface area contributed by atoms with Crippen molar-refractivity contribution in [2.45, 2.75) is 70.6 Å². The summed E-state index contributed by atoms with van der Waals surface area (Å²) in [6.45, 7) is 7.93. The largest absolute Gasteiger partial charge is 0.444 e. The molecule has 4 heterocycles. The van der Waals surface area contributed by atoms with Gasteiger partial charge in [0.05, 0.1) is 11.9 Å². The van der Waals surface area contributed by atoms with Gasteiger partial charge in [0.1, 0.15) is 16.8 Å². The standard InChI is InChI=1S/C21H30N4O3S/c1-21(2,3)28-20(26)24-9-7-15(8-10-24)17-14-29-19(23-17)16-12-22-25(13-16)18-6-4-5-11-27-18/h12-15,18H,4-11H2,1-3H3. The third-order valence-electron chi connectivity index (χ3n) is 5.39. The van der Waals surface area contributed by atoms with Crippen molar-refractivity contribution in [2.75, 3.05) is 19.7 Å². The van der Waals surface area contributed by atoms with E-state index >= 15 is 0 Å². The molecule has 7 nitrogen and oxygen atoms in total. The van der Waals surface area contributed by atoms with Gasteiger partial charge in [-0.05, 0) is 52.9 Å². The molecule has 0 aliphatic carbocycles. The number of carbonyl (C=O) groups is 1. The second kappa shape index (κ2) is 8.44. The molecule has 29 heavy (non-hydrogen) atoms. The van der Waals surface area contributed by atoms with E-state index < -0.39 is 5.60 Å². The Balaban J connectivity index is 1.35. The Morgan fingerprint density at radius 3 is 2.72 bits per heavy atom. The predicted molar refractivity (Wildman–Crippen MR) is 112 cm³/mol. The molecule has 0 saturated carbocycles. The zero-order chi connectivity index (χ0) is 20.4. The van der Waals surface area contributed by atoms with Gasteiger partial charge in [-0.3, -0.25) is 0 Å². The molecular formula is C21H30N4O3S. The van der Waals surface area contributed by atoms with Crippen LogP contribution in [0.5, 0.6) is 0 Å². The van der Waals surface area contributed by atoms with Crippen LogP contribution in [0.2, 0.25) is 0 Å². The van der Waals surface area contributed by atoms with Crippen LogP contribution >= 0.6 is 11.3 Å². The van der Waals surface area contributed by atoms with Gasteiger partial charge in [-0.15, -0.1) is 11.3 Å². The summed E-state index contributed by atoms with van der Waals surface area (Å²) >= 11 is 1.66. The second-order valence-electron chi connectivity index (χ2n) is 8.85. The highest BCUT2D eigenvalue weighted by Crippen LogP contribution is 2.33. The minimum absolute atomic E-state index is 0.0501. The number of ether oxygens (including phenoxy) is 2. The molecule has 2 aromatic heterocycles. The van der Waals surface area contributed by atoms with Gasteiger partial charge in [-0.2, -0.15) is 5.10 Å². The highest BCUT2D eigenvalue weighted by atomic mass is 32.1. The van der Waals surface area contributed by atoms with Gasteiger partial charge in [-0.25, -0.2) is 14.5 Å². The number of amides is 1. The topological polar surface area (TPSA) is 69.5 Å². The minimum Gasteiger partial charge on any atom is -0.444 e. The average molecular weight is 419 g/mol. The highest BCUT2D eigenvalue weighted by molar-refractivity contribution is 7.13. The smallest absolute Gasteiger partial charge is 0.410 e. The molecule has 0 bridgehead atoms. The van der Waals surface area contributed by atoms with Crippen molar-refractivity contribution in [3.8, 4) is 10.6 Å². The summed E-state index contributed by atoms with van der Waals surface area (Å²) in [4.78, 5) is 18.9. The molecule has 1 amide bonds. The molecule has 4 rings (SSSR count). The summed E-state index contributed by atoms with van der Waals surface area (Å²) in [5, 5.41) is 7.64. The molecule has 2 fully saturated rings. The first-order valence-electron chi connectivity index (χ1n) is 10.5. The second-order valence-corrected chi connectivity index (χ2v) is 9.71. The van der Waals surface area contributed by atoms with E-state index in [9.17, 15) is 4.79 Å². The van der Waals surface area contributed by atoms with E-state index in [1.54, 1.807) is 11.3 Å². The molecule has 1 atom stereocenters. The van der Waals surface area contributed by atoms with Gasteiger partial charge in [0.25, 0.3) is 0 Å². The fourth-order valence-corrected chi connectivity index (χ4v) is 4.71. The molecule has 8 heteroatoms. The molecule has 0 aromatic carbocycles. The van der Waals surface area contributed by atoms with E-state index in [0.717, 1.165) is 48.6 Å². The number of carbonyl (C=O) groups excluding carboxylic acids is 1. The lowest BCUT2D eigenvalue weighted by atomic mass is 9.94. The summed E-state index contributed by atoms with van der Waals surface area (Å²) in [6.07, 6.45) is 8.92. The van der Waals surface area contributed by atoms with Crippen molar-refractivity contribution in [1.82, 2.24) is 19.7 Å². The number of likely N-dealkylation sites (tertiary alicyclic amines) is 1. The quantitative estimate of drug-likeness (QED) is 0.715. The first-order chi connectivity index (χ1) is 13.9. The van der Waals surface area contributed by atoms with Crippen LogP contribution in [-0.4, -0.2) is 51.1 Å². The van der Waals surface area contributed by atoms with Crippen molar-refractivity contribution in [1.29, 1.82) is 0 Å². The number of rotatable bonds is 3. The number of aromatic nitrogens is 3. The number of hydrogen-bond acceptors (Lipinski definition) is 6. The summed E-state index contributed by atoms with van der Waals surface area (Å²) in [5.41, 5.74) is 1.71. The normalized spacial score (nSPS) is 21.3. The van der Waals surface area contributed by atoms with Crippen molar-refractivity contribution in [3.05, 3.63) is 23.5 Å². The van der Waals surface area contributed by atoms with E-state index in [4.69, 9.17) is 14.5 Å². The van der Waals surface area contributed by atoms with E-state index in [2.05, 4.69) is 10.5 Å². The maximum atomic E-state index is 12.2. The van der Waals surface area contributed by atoms with Gasteiger partial charge >= 0.3 is 6.09 Å². The first kappa shape index (κ1) is 20.3. The minimum atomic E-state index is -0.454. The molecular weight excluding hydrogens is 388 g/mol. The zero-order valence-electron chi connectivity index (χ0n) is 17.5. The van der Waals surface area contributed by atoms with Crippen molar-refractivity contribution in [2.24, 2.45) is 0 Å². The van der Waals surface area contributed by atoms with Gasteiger partial charge in [0, 0.05) is 42.8 Å². The molecule has 0 radical (unpaired) electrons. The Bertz CT molecular complexity index is 827. The molecule has 2 aliphatic heterocycles. The van der Waals surface area contributed by atoms with E-state index in [0.29, 0.717) is 19.0 Å². The van der Waals surface area contributed by atoms with Gasteiger partial charge in [0.2, 0.25) is 0 Å². The van der Waals surface area contributed by atoms with Crippen LogP contribution in [0.15, 0.2) is 17.8 Å². The molecule has 158 valence electrons. The molecule has 2 saturated heterocycles. The monoisotopic (exact) mass is 418 g/mol. The molecule has 2 aliphatic rings. The van der Waals surface area contributed by atoms with Crippen LogP contribution < -0.4 is 0 Å². The number of thiazole rings is 1. The van der Waals surface area contributed by atoms with Gasteiger partial charge in [-0.1, -0.05) is 0 Å². The fourth-order valence-electron chi connectivity index (χ4n) is 3.83. The third kappa shape index (κ3) is 4.98. The number of nitrogens with zero attached hydrogens (tertiary/aromatic N) is 4. The van der Waals surface area contributed by atoms with Crippen LogP contribution in [0.1, 0.15) is 70.7 Å². The van der Waals surface area contributed by atoms with Gasteiger partial charge in [0.15, 0.2) is 0 Å². The number of piperidine rings is 1. The Labute approximate surface area is 176 Å². The van der Waals surface area contributed by atoms with Crippen LogP contribution in [0.25, 0.3) is 10.6 Å². The summed E-state index contributed by atoms with van der Waals surface area (Å²) in [7, 11) is 0. The van der Waals surface area contributed by atoms with E-state index in [1.165, 1.54) is 6.42 Å².